The molecule has 0 radical (unpaired) electrons. The standard InChI is InChI=1S/C18H16ClN3O5S/c1-11-15(22(23)24)4-3-5-16(11)28(25,26)20-10-17-21-12(2)18(27-17)13-6-8-14(19)9-7-13/h3-9,20H,10H2,1-2H3. The molecule has 2 aromatic carbocycles. The van der Waals surface area contributed by atoms with Gasteiger partial charge in [-0.3, -0.25) is 10.1 Å². The molecule has 1 heterocycles. The maximum Gasteiger partial charge on any atom is 0.273 e. The van der Waals surface area contributed by atoms with Gasteiger partial charge in [0.2, 0.25) is 15.9 Å². The summed E-state index contributed by atoms with van der Waals surface area (Å²) in [4.78, 5) is 14.5. The predicted octanol–water partition coefficient (Wildman–Crippen LogP) is 4.00. The van der Waals surface area contributed by atoms with E-state index in [2.05, 4.69) is 9.71 Å². The summed E-state index contributed by atoms with van der Waals surface area (Å²) in [5.41, 5.74) is 1.16. The third kappa shape index (κ3) is 4.06. The number of hydrogen-bond donors (Lipinski definition) is 1. The molecule has 8 nitrogen and oxygen atoms in total. The second-order valence-electron chi connectivity index (χ2n) is 6.01. The number of benzene rings is 2. The number of nitrogens with one attached hydrogen (secondary N) is 1. The van der Waals surface area contributed by atoms with E-state index in [0.29, 0.717) is 16.5 Å². The average molecular weight is 422 g/mol. The molecule has 0 aliphatic rings. The third-order valence-corrected chi connectivity index (χ3v) is 5.90. The van der Waals surface area contributed by atoms with Crippen LogP contribution in [-0.4, -0.2) is 18.3 Å². The highest BCUT2D eigenvalue weighted by atomic mass is 35.5. The molecule has 1 N–H and O–H groups in total. The van der Waals surface area contributed by atoms with Gasteiger partial charge in [0.25, 0.3) is 5.69 Å². The Kier molecular flexibility index (Phi) is 5.50. The van der Waals surface area contributed by atoms with Crippen molar-refractivity contribution in [3.63, 3.8) is 0 Å². The van der Waals surface area contributed by atoms with Gasteiger partial charge in [0.1, 0.15) is 0 Å². The molecule has 0 saturated heterocycles. The van der Waals surface area contributed by atoms with Gasteiger partial charge in [-0.05, 0) is 44.2 Å². The second-order valence-corrected chi connectivity index (χ2v) is 8.18. The fourth-order valence-electron chi connectivity index (χ4n) is 2.72. The number of aryl methyl sites for hydroxylation is 1. The molecule has 1 aromatic heterocycles. The van der Waals surface area contributed by atoms with Crippen molar-refractivity contribution in [3.8, 4) is 11.3 Å². The Hall–Kier alpha value is -2.75. The summed E-state index contributed by atoms with van der Waals surface area (Å²) in [6.45, 7) is 2.94. The Bertz CT molecular complexity index is 1140. The molecule has 0 unspecified atom stereocenters. The van der Waals surface area contributed by atoms with Gasteiger partial charge in [-0.1, -0.05) is 17.7 Å². The quantitative estimate of drug-likeness (QED) is 0.475. The van der Waals surface area contributed by atoms with E-state index < -0.39 is 14.9 Å². The monoisotopic (exact) mass is 421 g/mol. The molecule has 3 rings (SSSR count). The SMILES string of the molecule is Cc1nc(CNS(=O)(=O)c2cccc([N+](=O)[O-])c2C)oc1-c1ccc(Cl)cc1. The zero-order valence-corrected chi connectivity index (χ0v) is 16.5. The van der Waals surface area contributed by atoms with Gasteiger partial charge in [-0.25, -0.2) is 18.1 Å². The van der Waals surface area contributed by atoms with Gasteiger partial charge in [-0.15, -0.1) is 0 Å². The van der Waals surface area contributed by atoms with Crippen LogP contribution in [0.2, 0.25) is 5.02 Å². The van der Waals surface area contributed by atoms with E-state index >= 15 is 0 Å². The lowest BCUT2D eigenvalue weighted by molar-refractivity contribution is -0.385. The largest absolute Gasteiger partial charge is 0.439 e. The molecule has 3 aromatic rings. The molecule has 0 bridgehead atoms. The van der Waals surface area contributed by atoms with E-state index in [1.807, 2.05) is 0 Å². The van der Waals surface area contributed by atoms with Crippen LogP contribution in [-0.2, 0) is 16.6 Å². The van der Waals surface area contributed by atoms with Crippen molar-refractivity contribution in [1.29, 1.82) is 0 Å². The average Bonchev–Trinajstić information content (AvgIpc) is 3.01. The van der Waals surface area contributed by atoms with Gasteiger partial charge in [0.15, 0.2) is 5.76 Å². The first-order chi connectivity index (χ1) is 13.2. The van der Waals surface area contributed by atoms with Crippen molar-refractivity contribution in [2.24, 2.45) is 0 Å². The highest BCUT2D eigenvalue weighted by Gasteiger charge is 2.23. The fraction of sp³-hybridized carbons (Fsp3) is 0.167. The smallest absolute Gasteiger partial charge is 0.273 e. The molecule has 0 aliphatic heterocycles. The molecule has 28 heavy (non-hydrogen) atoms. The number of oxazole rings is 1. The van der Waals surface area contributed by atoms with Crippen molar-refractivity contribution >= 4 is 27.3 Å². The molecular formula is C18H16ClN3O5S. The minimum atomic E-state index is -3.99. The van der Waals surface area contributed by atoms with E-state index in [4.69, 9.17) is 16.0 Å². The number of nitro benzene ring substituents is 1. The van der Waals surface area contributed by atoms with Crippen LogP contribution in [0.3, 0.4) is 0 Å². The summed E-state index contributed by atoms with van der Waals surface area (Å²) < 4.78 is 33.2. The Balaban J connectivity index is 1.83. The summed E-state index contributed by atoms with van der Waals surface area (Å²) in [7, 11) is -3.99. The summed E-state index contributed by atoms with van der Waals surface area (Å²) in [5, 5.41) is 11.6. The van der Waals surface area contributed by atoms with Crippen LogP contribution >= 0.6 is 11.6 Å². The first-order valence-corrected chi connectivity index (χ1v) is 10.0. The summed E-state index contributed by atoms with van der Waals surface area (Å²) in [6.07, 6.45) is 0. The maximum absolute atomic E-state index is 12.6. The minimum Gasteiger partial charge on any atom is -0.439 e. The van der Waals surface area contributed by atoms with Crippen LogP contribution in [0.5, 0.6) is 0 Å². The molecule has 146 valence electrons. The van der Waals surface area contributed by atoms with Crippen molar-refractivity contribution in [2.75, 3.05) is 0 Å². The molecule has 10 heteroatoms. The lowest BCUT2D eigenvalue weighted by Gasteiger charge is -2.08. The predicted molar refractivity (Wildman–Crippen MR) is 104 cm³/mol. The fourth-order valence-corrected chi connectivity index (χ4v) is 4.08. The third-order valence-electron chi connectivity index (χ3n) is 4.10. The van der Waals surface area contributed by atoms with Crippen molar-refractivity contribution in [3.05, 3.63) is 74.7 Å². The number of rotatable bonds is 6. The Morgan fingerprint density at radius 1 is 1.18 bits per heavy atom. The molecule has 0 atom stereocenters. The zero-order valence-electron chi connectivity index (χ0n) is 15.0. The lowest BCUT2D eigenvalue weighted by Crippen LogP contribution is -2.24. The summed E-state index contributed by atoms with van der Waals surface area (Å²) in [6, 6.07) is 10.9. The molecular weight excluding hydrogens is 406 g/mol. The van der Waals surface area contributed by atoms with Crippen molar-refractivity contribution in [2.45, 2.75) is 25.3 Å². The van der Waals surface area contributed by atoms with E-state index in [9.17, 15) is 18.5 Å². The van der Waals surface area contributed by atoms with Crippen LogP contribution in [0.15, 0.2) is 51.8 Å². The number of sulfonamides is 1. The molecule has 0 saturated carbocycles. The maximum atomic E-state index is 12.6. The van der Waals surface area contributed by atoms with Crippen LogP contribution in [0, 0.1) is 24.0 Å². The topological polar surface area (TPSA) is 115 Å². The molecule has 0 fully saturated rings. The van der Waals surface area contributed by atoms with Crippen LogP contribution in [0.25, 0.3) is 11.3 Å². The zero-order chi connectivity index (χ0) is 20.5. The summed E-state index contributed by atoms with van der Waals surface area (Å²) in [5.74, 6) is 0.687. The molecule has 0 spiro atoms. The Morgan fingerprint density at radius 2 is 1.86 bits per heavy atom. The molecule has 0 amide bonds. The number of aromatic nitrogens is 1. The van der Waals surface area contributed by atoms with E-state index in [-0.39, 0.29) is 28.6 Å². The van der Waals surface area contributed by atoms with Gasteiger partial charge < -0.3 is 4.42 Å². The lowest BCUT2D eigenvalue weighted by atomic mass is 10.1. The Labute approximate surface area is 166 Å². The van der Waals surface area contributed by atoms with Crippen LogP contribution in [0.1, 0.15) is 17.1 Å². The normalized spacial score (nSPS) is 11.5. The van der Waals surface area contributed by atoms with Crippen LogP contribution in [0.4, 0.5) is 5.69 Å². The minimum absolute atomic E-state index is 0.0606. The first kappa shape index (κ1) is 20.0. The van der Waals surface area contributed by atoms with E-state index in [1.165, 1.54) is 25.1 Å². The van der Waals surface area contributed by atoms with Crippen molar-refractivity contribution in [1.82, 2.24) is 9.71 Å². The van der Waals surface area contributed by atoms with E-state index in [0.717, 1.165) is 5.56 Å². The van der Waals surface area contributed by atoms with Gasteiger partial charge in [0.05, 0.1) is 22.1 Å². The summed E-state index contributed by atoms with van der Waals surface area (Å²) >= 11 is 5.88. The van der Waals surface area contributed by atoms with Gasteiger partial charge in [0, 0.05) is 22.2 Å². The van der Waals surface area contributed by atoms with E-state index in [1.54, 1.807) is 31.2 Å². The highest BCUT2D eigenvalue weighted by Crippen LogP contribution is 2.27. The van der Waals surface area contributed by atoms with Gasteiger partial charge in [-0.2, -0.15) is 0 Å². The number of halogens is 1. The Morgan fingerprint density at radius 3 is 2.50 bits per heavy atom. The second kappa shape index (κ2) is 7.70. The number of nitro groups is 1. The number of nitrogens with zero attached hydrogens (tertiary/aromatic N) is 2. The first-order valence-electron chi connectivity index (χ1n) is 8.15. The highest BCUT2D eigenvalue weighted by molar-refractivity contribution is 7.89. The van der Waals surface area contributed by atoms with Gasteiger partial charge >= 0.3 is 0 Å². The van der Waals surface area contributed by atoms with Crippen LogP contribution < -0.4 is 4.72 Å². The molecule has 0 aliphatic carbocycles. The van der Waals surface area contributed by atoms with Crippen molar-refractivity contribution < 1.29 is 17.8 Å². The number of hydrogen-bond acceptors (Lipinski definition) is 6.